The normalized spacial score (nSPS) is 25.7. The number of likely N-dealkylation sites (tertiary alicyclic amines) is 1. The molecule has 2 heterocycles. The third-order valence-corrected chi connectivity index (χ3v) is 5.44. The van der Waals surface area contributed by atoms with Crippen molar-refractivity contribution in [2.45, 2.75) is 45.1 Å². The van der Waals surface area contributed by atoms with Crippen LogP contribution < -0.4 is 5.32 Å². The Morgan fingerprint density at radius 1 is 1.30 bits per heavy atom. The van der Waals surface area contributed by atoms with E-state index in [1.165, 1.54) is 18.9 Å². The molecule has 1 aromatic carbocycles. The molecule has 0 aromatic heterocycles. The maximum absolute atomic E-state index is 13.6. The van der Waals surface area contributed by atoms with Gasteiger partial charge in [-0.25, -0.2) is 4.39 Å². The molecule has 2 aliphatic rings. The van der Waals surface area contributed by atoms with Crippen LogP contribution in [0.1, 0.15) is 50.6 Å². The maximum atomic E-state index is 13.6. The van der Waals surface area contributed by atoms with Gasteiger partial charge in [-0.2, -0.15) is 0 Å². The largest absolute Gasteiger partial charge is 0.335 e. The summed E-state index contributed by atoms with van der Waals surface area (Å²) in [6.07, 6.45) is 4.97. The summed E-state index contributed by atoms with van der Waals surface area (Å²) in [6.45, 7) is 5.11. The fourth-order valence-electron chi connectivity index (χ4n) is 4.07. The highest BCUT2D eigenvalue weighted by Gasteiger charge is 2.35. The number of hydrogen-bond donors (Lipinski definition) is 1. The van der Waals surface area contributed by atoms with Gasteiger partial charge in [-0.05, 0) is 68.3 Å². The molecular weight excluding hydrogens is 291 g/mol. The van der Waals surface area contributed by atoms with E-state index in [-0.39, 0.29) is 17.8 Å². The van der Waals surface area contributed by atoms with Crippen molar-refractivity contribution in [2.24, 2.45) is 11.8 Å². The molecular formula is C19H27FN2O. The van der Waals surface area contributed by atoms with E-state index in [2.05, 4.69) is 12.2 Å². The summed E-state index contributed by atoms with van der Waals surface area (Å²) >= 11 is 0. The number of nitrogens with zero attached hydrogens (tertiary/aromatic N) is 1. The van der Waals surface area contributed by atoms with Crippen LogP contribution >= 0.6 is 0 Å². The highest BCUT2D eigenvalue weighted by Crippen LogP contribution is 2.37. The van der Waals surface area contributed by atoms with Crippen molar-refractivity contribution in [1.82, 2.24) is 10.2 Å². The van der Waals surface area contributed by atoms with Crippen LogP contribution in [0, 0.1) is 17.7 Å². The van der Waals surface area contributed by atoms with Gasteiger partial charge in [0.15, 0.2) is 0 Å². The molecule has 2 unspecified atom stereocenters. The van der Waals surface area contributed by atoms with Gasteiger partial charge in [0.05, 0.1) is 6.04 Å². The quantitative estimate of drug-likeness (QED) is 0.921. The molecule has 2 atom stereocenters. The van der Waals surface area contributed by atoms with Crippen molar-refractivity contribution in [3.05, 3.63) is 35.6 Å². The molecule has 1 N–H and O–H groups in total. The number of amides is 1. The van der Waals surface area contributed by atoms with Crippen LogP contribution in [-0.4, -0.2) is 30.4 Å². The number of carbonyl (C=O) groups is 1. The SMILES string of the molecule is CC1CCN(C(=O)CCC2CCNCC2)C1c1cccc(F)c1. The first-order chi connectivity index (χ1) is 11.1. The van der Waals surface area contributed by atoms with Crippen LogP contribution in [0.3, 0.4) is 0 Å². The summed E-state index contributed by atoms with van der Waals surface area (Å²) in [7, 11) is 0. The van der Waals surface area contributed by atoms with Crippen LogP contribution in [0.2, 0.25) is 0 Å². The Kier molecular flexibility index (Phi) is 5.31. The van der Waals surface area contributed by atoms with E-state index in [0.29, 0.717) is 18.3 Å². The first kappa shape index (κ1) is 16.4. The molecule has 0 spiro atoms. The van der Waals surface area contributed by atoms with Gasteiger partial charge in [0, 0.05) is 13.0 Å². The fourth-order valence-corrected chi connectivity index (χ4v) is 4.07. The lowest BCUT2D eigenvalue weighted by atomic mass is 9.92. The lowest BCUT2D eigenvalue weighted by Gasteiger charge is -2.29. The molecule has 1 amide bonds. The molecule has 23 heavy (non-hydrogen) atoms. The van der Waals surface area contributed by atoms with E-state index in [9.17, 15) is 9.18 Å². The van der Waals surface area contributed by atoms with E-state index < -0.39 is 0 Å². The van der Waals surface area contributed by atoms with Crippen molar-refractivity contribution < 1.29 is 9.18 Å². The zero-order valence-electron chi connectivity index (χ0n) is 13.9. The Morgan fingerprint density at radius 2 is 2.09 bits per heavy atom. The highest BCUT2D eigenvalue weighted by molar-refractivity contribution is 5.77. The molecule has 4 heteroatoms. The maximum Gasteiger partial charge on any atom is 0.223 e. The molecule has 0 radical (unpaired) electrons. The Balaban J connectivity index is 1.64. The van der Waals surface area contributed by atoms with Crippen molar-refractivity contribution in [3.63, 3.8) is 0 Å². The number of carbonyl (C=O) groups excluding carboxylic acids is 1. The zero-order chi connectivity index (χ0) is 16.2. The third-order valence-electron chi connectivity index (χ3n) is 5.44. The smallest absolute Gasteiger partial charge is 0.223 e. The Bertz CT molecular complexity index is 542. The van der Waals surface area contributed by atoms with Crippen LogP contribution in [-0.2, 0) is 4.79 Å². The molecule has 0 bridgehead atoms. The first-order valence-corrected chi connectivity index (χ1v) is 8.91. The van der Waals surface area contributed by atoms with Crippen LogP contribution in [0.4, 0.5) is 4.39 Å². The number of benzene rings is 1. The number of halogens is 1. The zero-order valence-corrected chi connectivity index (χ0v) is 13.9. The van der Waals surface area contributed by atoms with Crippen molar-refractivity contribution >= 4 is 5.91 Å². The lowest BCUT2D eigenvalue weighted by molar-refractivity contribution is -0.132. The minimum Gasteiger partial charge on any atom is -0.335 e. The third kappa shape index (κ3) is 3.92. The predicted molar refractivity (Wildman–Crippen MR) is 89.5 cm³/mol. The van der Waals surface area contributed by atoms with Crippen LogP contribution in [0.15, 0.2) is 24.3 Å². The molecule has 0 saturated carbocycles. The van der Waals surface area contributed by atoms with E-state index in [1.807, 2.05) is 11.0 Å². The number of nitrogens with one attached hydrogen (secondary N) is 1. The number of rotatable bonds is 4. The summed E-state index contributed by atoms with van der Waals surface area (Å²) in [5.41, 5.74) is 0.935. The molecule has 2 fully saturated rings. The summed E-state index contributed by atoms with van der Waals surface area (Å²) in [5, 5.41) is 3.37. The molecule has 3 rings (SSSR count). The lowest BCUT2D eigenvalue weighted by Crippen LogP contribution is -2.33. The average molecular weight is 318 g/mol. The van der Waals surface area contributed by atoms with Crippen LogP contribution in [0.25, 0.3) is 0 Å². The second-order valence-electron chi connectivity index (χ2n) is 7.08. The molecule has 1 aromatic rings. The summed E-state index contributed by atoms with van der Waals surface area (Å²) in [5.74, 6) is 1.08. The molecule has 2 saturated heterocycles. The molecule has 126 valence electrons. The second-order valence-corrected chi connectivity index (χ2v) is 7.08. The van der Waals surface area contributed by atoms with E-state index in [4.69, 9.17) is 0 Å². The summed E-state index contributed by atoms with van der Waals surface area (Å²) in [6, 6.07) is 6.77. The Morgan fingerprint density at radius 3 is 2.83 bits per heavy atom. The predicted octanol–water partition coefficient (Wildman–Crippen LogP) is 3.52. The average Bonchev–Trinajstić information content (AvgIpc) is 2.95. The van der Waals surface area contributed by atoms with Crippen molar-refractivity contribution in [3.8, 4) is 0 Å². The van der Waals surface area contributed by atoms with E-state index in [0.717, 1.165) is 38.0 Å². The van der Waals surface area contributed by atoms with E-state index in [1.54, 1.807) is 12.1 Å². The summed E-state index contributed by atoms with van der Waals surface area (Å²) in [4.78, 5) is 14.7. The van der Waals surface area contributed by atoms with Gasteiger partial charge in [-0.3, -0.25) is 4.79 Å². The van der Waals surface area contributed by atoms with Crippen LogP contribution in [0.5, 0.6) is 0 Å². The Labute approximate surface area is 138 Å². The summed E-state index contributed by atoms with van der Waals surface area (Å²) < 4.78 is 13.6. The van der Waals surface area contributed by atoms with Crippen molar-refractivity contribution in [2.75, 3.05) is 19.6 Å². The van der Waals surface area contributed by atoms with Gasteiger partial charge < -0.3 is 10.2 Å². The second kappa shape index (κ2) is 7.43. The van der Waals surface area contributed by atoms with Gasteiger partial charge in [-0.15, -0.1) is 0 Å². The van der Waals surface area contributed by atoms with Crippen molar-refractivity contribution in [1.29, 1.82) is 0 Å². The minimum absolute atomic E-state index is 0.0335. The molecule has 0 aliphatic carbocycles. The molecule has 2 aliphatic heterocycles. The topological polar surface area (TPSA) is 32.3 Å². The van der Waals surface area contributed by atoms with Gasteiger partial charge in [0.2, 0.25) is 5.91 Å². The highest BCUT2D eigenvalue weighted by atomic mass is 19.1. The van der Waals surface area contributed by atoms with E-state index >= 15 is 0 Å². The van der Waals surface area contributed by atoms with Gasteiger partial charge >= 0.3 is 0 Å². The molecule has 3 nitrogen and oxygen atoms in total. The van der Waals surface area contributed by atoms with Gasteiger partial charge in [0.25, 0.3) is 0 Å². The van der Waals surface area contributed by atoms with Gasteiger partial charge in [-0.1, -0.05) is 19.1 Å². The standard InChI is InChI=1S/C19H27FN2O/c1-14-9-12-22(19(14)16-3-2-4-17(20)13-16)18(23)6-5-15-7-10-21-11-8-15/h2-4,13-15,19,21H,5-12H2,1H3. The fraction of sp³-hybridized carbons (Fsp3) is 0.632. The number of piperidine rings is 1. The minimum atomic E-state index is -0.219. The van der Waals surface area contributed by atoms with Gasteiger partial charge in [0.1, 0.15) is 5.82 Å². The monoisotopic (exact) mass is 318 g/mol. The Hall–Kier alpha value is -1.42. The number of hydrogen-bond acceptors (Lipinski definition) is 2. The first-order valence-electron chi connectivity index (χ1n) is 8.91.